The molecule has 0 aromatic heterocycles. The van der Waals surface area contributed by atoms with Crippen molar-refractivity contribution in [2.45, 2.75) is 39.2 Å². The number of fused-ring (bicyclic) bond motifs is 1. The Kier molecular flexibility index (Phi) is 7.73. The van der Waals surface area contributed by atoms with Gasteiger partial charge in [-0.15, -0.1) is 0 Å². The molecule has 5 nitrogen and oxygen atoms in total. The maximum absolute atomic E-state index is 5.92. The zero-order valence-electron chi connectivity index (χ0n) is 14.3. The normalized spacial score (nSPS) is 16.8. The molecule has 5 heteroatoms. The zero-order valence-corrected chi connectivity index (χ0v) is 14.3. The van der Waals surface area contributed by atoms with Gasteiger partial charge in [0.15, 0.2) is 5.96 Å². The third kappa shape index (κ3) is 6.10. The molecule has 0 amide bonds. The van der Waals surface area contributed by atoms with Crippen LogP contribution in [0.1, 0.15) is 32.3 Å². The predicted octanol–water partition coefficient (Wildman–Crippen LogP) is 2.36. The van der Waals surface area contributed by atoms with Gasteiger partial charge in [0.2, 0.25) is 0 Å². The molecule has 1 heterocycles. The molecule has 0 aliphatic carbocycles. The van der Waals surface area contributed by atoms with Crippen LogP contribution < -0.4 is 15.4 Å². The second-order valence-corrected chi connectivity index (χ2v) is 5.66. The van der Waals surface area contributed by atoms with Gasteiger partial charge < -0.3 is 20.1 Å². The summed E-state index contributed by atoms with van der Waals surface area (Å²) in [5.74, 6) is 1.82. The molecule has 23 heavy (non-hydrogen) atoms. The molecular weight excluding hydrogens is 290 g/mol. The summed E-state index contributed by atoms with van der Waals surface area (Å²) in [5, 5.41) is 6.56. The van der Waals surface area contributed by atoms with Crippen molar-refractivity contribution in [2.24, 2.45) is 4.99 Å². The van der Waals surface area contributed by atoms with Crippen molar-refractivity contribution in [3.05, 3.63) is 29.8 Å². The van der Waals surface area contributed by atoms with Crippen LogP contribution in [0.25, 0.3) is 0 Å². The van der Waals surface area contributed by atoms with Crippen molar-refractivity contribution in [3.8, 4) is 5.75 Å². The molecule has 128 valence electrons. The first-order valence-corrected chi connectivity index (χ1v) is 8.68. The number of aliphatic imine (C=N–C) groups is 1. The predicted molar refractivity (Wildman–Crippen MR) is 94.3 cm³/mol. The van der Waals surface area contributed by atoms with Gasteiger partial charge in [0.1, 0.15) is 11.9 Å². The van der Waals surface area contributed by atoms with E-state index in [-0.39, 0.29) is 6.10 Å². The van der Waals surface area contributed by atoms with Gasteiger partial charge in [-0.25, -0.2) is 4.99 Å². The molecular formula is C18H29N3O2. The van der Waals surface area contributed by atoms with Crippen LogP contribution in [-0.2, 0) is 11.2 Å². The molecule has 0 fully saturated rings. The van der Waals surface area contributed by atoms with E-state index in [4.69, 9.17) is 9.47 Å². The first-order valence-electron chi connectivity index (χ1n) is 8.68. The van der Waals surface area contributed by atoms with Crippen LogP contribution in [-0.4, -0.2) is 44.9 Å². The van der Waals surface area contributed by atoms with Crippen LogP contribution in [0.15, 0.2) is 29.3 Å². The molecule has 1 unspecified atom stereocenters. The molecule has 1 aliphatic heterocycles. The monoisotopic (exact) mass is 319 g/mol. The number of unbranched alkanes of at least 4 members (excludes halogenated alkanes) is 1. The van der Waals surface area contributed by atoms with Crippen molar-refractivity contribution in [2.75, 3.05) is 32.8 Å². The average molecular weight is 319 g/mol. The molecule has 0 radical (unpaired) electrons. The van der Waals surface area contributed by atoms with E-state index in [9.17, 15) is 0 Å². The first kappa shape index (κ1) is 17.6. The molecule has 0 saturated carbocycles. The van der Waals surface area contributed by atoms with Crippen LogP contribution in [0.5, 0.6) is 5.75 Å². The SMILES string of the molecule is CCCCOCCNC(=NCC1Cc2ccccc2O1)NCC. The molecule has 2 rings (SSSR count). The maximum Gasteiger partial charge on any atom is 0.191 e. The standard InChI is InChI=1S/C18H29N3O2/c1-3-5-11-22-12-10-20-18(19-4-2)21-14-16-13-15-8-6-7-9-17(15)23-16/h6-9,16H,3-5,10-14H2,1-2H3,(H2,19,20,21). The van der Waals surface area contributed by atoms with Gasteiger partial charge in [-0.3, -0.25) is 0 Å². The molecule has 0 spiro atoms. The van der Waals surface area contributed by atoms with E-state index in [2.05, 4.69) is 41.6 Å². The smallest absolute Gasteiger partial charge is 0.191 e. The first-order chi connectivity index (χ1) is 11.3. The summed E-state index contributed by atoms with van der Waals surface area (Å²) >= 11 is 0. The lowest BCUT2D eigenvalue weighted by molar-refractivity contribution is 0.136. The van der Waals surface area contributed by atoms with Crippen molar-refractivity contribution in [3.63, 3.8) is 0 Å². The van der Waals surface area contributed by atoms with Crippen LogP contribution in [0.3, 0.4) is 0 Å². The number of para-hydroxylation sites is 1. The second kappa shape index (κ2) is 10.1. The molecule has 1 aromatic rings. The van der Waals surface area contributed by atoms with Crippen LogP contribution in [0, 0.1) is 0 Å². The number of rotatable bonds is 9. The zero-order chi connectivity index (χ0) is 16.3. The van der Waals surface area contributed by atoms with E-state index in [0.29, 0.717) is 13.2 Å². The Morgan fingerprint density at radius 3 is 2.91 bits per heavy atom. The lowest BCUT2D eigenvalue weighted by Gasteiger charge is -2.13. The third-order valence-electron chi connectivity index (χ3n) is 3.69. The van der Waals surface area contributed by atoms with E-state index in [0.717, 1.165) is 44.2 Å². The Hall–Kier alpha value is -1.75. The fourth-order valence-corrected chi connectivity index (χ4v) is 2.48. The van der Waals surface area contributed by atoms with Gasteiger partial charge >= 0.3 is 0 Å². The number of guanidine groups is 1. The molecule has 0 saturated heterocycles. The van der Waals surface area contributed by atoms with Crippen LogP contribution in [0.2, 0.25) is 0 Å². The number of ether oxygens (including phenoxy) is 2. The fourth-order valence-electron chi connectivity index (χ4n) is 2.48. The summed E-state index contributed by atoms with van der Waals surface area (Å²) in [6.45, 7) is 8.03. The van der Waals surface area contributed by atoms with E-state index in [1.54, 1.807) is 0 Å². The minimum Gasteiger partial charge on any atom is -0.488 e. The Balaban J connectivity index is 1.72. The lowest BCUT2D eigenvalue weighted by atomic mass is 10.1. The summed E-state index contributed by atoms with van der Waals surface area (Å²) in [6.07, 6.45) is 3.34. The van der Waals surface area contributed by atoms with Crippen molar-refractivity contribution < 1.29 is 9.47 Å². The minimum atomic E-state index is 0.128. The van der Waals surface area contributed by atoms with Gasteiger partial charge in [-0.05, 0) is 25.0 Å². The highest BCUT2D eigenvalue weighted by molar-refractivity contribution is 5.79. The number of benzene rings is 1. The largest absolute Gasteiger partial charge is 0.488 e. The summed E-state index contributed by atoms with van der Waals surface area (Å²) < 4.78 is 11.5. The molecule has 1 aliphatic rings. The average Bonchev–Trinajstić information content (AvgIpc) is 2.98. The Labute approximate surface area is 139 Å². The fraction of sp³-hybridized carbons (Fsp3) is 0.611. The van der Waals surface area contributed by atoms with E-state index in [1.165, 1.54) is 12.0 Å². The number of hydrogen-bond acceptors (Lipinski definition) is 3. The summed E-state index contributed by atoms with van der Waals surface area (Å²) in [6, 6.07) is 8.21. The Morgan fingerprint density at radius 2 is 2.13 bits per heavy atom. The van der Waals surface area contributed by atoms with E-state index < -0.39 is 0 Å². The third-order valence-corrected chi connectivity index (χ3v) is 3.69. The van der Waals surface area contributed by atoms with Gasteiger partial charge in [0.25, 0.3) is 0 Å². The highest BCUT2D eigenvalue weighted by Gasteiger charge is 2.21. The quantitative estimate of drug-likeness (QED) is 0.417. The number of hydrogen-bond donors (Lipinski definition) is 2. The number of nitrogens with zero attached hydrogens (tertiary/aromatic N) is 1. The summed E-state index contributed by atoms with van der Waals surface area (Å²) in [4.78, 5) is 4.63. The highest BCUT2D eigenvalue weighted by Crippen LogP contribution is 2.28. The lowest BCUT2D eigenvalue weighted by Crippen LogP contribution is -2.39. The Bertz CT molecular complexity index is 466. The molecule has 0 bridgehead atoms. The van der Waals surface area contributed by atoms with Gasteiger partial charge in [0, 0.05) is 26.1 Å². The summed E-state index contributed by atoms with van der Waals surface area (Å²) in [5.41, 5.74) is 1.27. The highest BCUT2D eigenvalue weighted by atomic mass is 16.5. The van der Waals surface area contributed by atoms with Crippen LogP contribution in [0.4, 0.5) is 0 Å². The van der Waals surface area contributed by atoms with Crippen LogP contribution >= 0.6 is 0 Å². The minimum absolute atomic E-state index is 0.128. The van der Waals surface area contributed by atoms with Gasteiger partial charge in [-0.2, -0.15) is 0 Å². The molecule has 1 atom stereocenters. The molecule has 2 N–H and O–H groups in total. The van der Waals surface area contributed by atoms with Gasteiger partial charge in [-0.1, -0.05) is 31.5 Å². The van der Waals surface area contributed by atoms with Crippen molar-refractivity contribution >= 4 is 5.96 Å². The van der Waals surface area contributed by atoms with Gasteiger partial charge in [0.05, 0.1) is 13.2 Å². The van der Waals surface area contributed by atoms with E-state index >= 15 is 0 Å². The van der Waals surface area contributed by atoms with Crippen molar-refractivity contribution in [1.29, 1.82) is 0 Å². The Morgan fingerprint density at radius 1 is 1.26 bits per heavy atom. The summed E-state index contributed by atoms with van der Waals surface area (Å²) in [7, 11) is 0. The topological polar surface area (TPSA) is 54.9 Å². The maximum atomic E-state index is 5.92. The molecule has 1 aromatic carbocycles. The second-order valence-electron chi connectivity index (χ2n) is 5.66. The van der Waals surface area contributed by atoms with Crippen molar-refractivity contribution in [1.82, 2.24) is 10.6 Å². The number of nitrogens with one attached hydrogen (secondary N) is 2. The van der Waals surface area contributed by atoms with E-state index in [1.807, 2.05) is 12.1 Å².